The zero-order valence-corrected chi connectivity index (χ0v) is 22.5. The molecule has 0 spiro atoms. The number of hydrogen-bond donors (Lipinski definition) is 1. The van der Waals surface area contributed by atoms with Crippen LogP contribution in [0.5, 0.6) is 11.5 Å². The molecule has 38 heavy (non-hydrogen) atoms. The van der Waals surface area contributed by atoms with Crippen molar-refractivity contribution in [3.8, 4) is 11.5 Å². The van der Waals surface area contributed by atoms with Gasteiger partial charge >= 0.3 is 11.9 Å². The minimum absolute atomic E-state index is 0.114. The monoisotopic (exact) mass is 536 g/mol. The fraction of sp³-hybridized carbons (Fsp3) is 0.286. The van der Waals surface area contributed by atoms with Crippen molar-refractivity contribution in [1.82, 2.24) is 4.98 Å². The van der Waals surface area contributed by atoms with Crippen LogP contribution in [0.2, 0.25) is 0 Å². The van der Waals surface area contributed by atoms with Gasteiger partial charge in [-0.2, -0.15) is 0 Å². The third-order valence-corrected chi connectivity index (χ3v) is 7.22. The minimum atomic E-state index is -1.05. The number of para-hydroxylation sites is 1. The highest BCUT2D eigenvalue weighted by molar-refractivity contribution is 7.17. The average Bonchev–Trinajstić information content (AvgIpc) is 3.40. The molecule has 0 saturated carbocycles. The number of ether oxygens (including phenoxy) is 3. The molecule has 4 rings (SSSR count). The van der Waals surface area contributed by atoms with E-state index in [2.05, 4.69) is 4.98 Å². The summed E-state index contributed by atoms with van der Waals surface area (Å²) in [7, 11) is 1.54. The largest absolute Gasteiger partial charge is 0.507 e. The summed E-state index contributed by atoms with van der Waals surface area (Å²) in [5, 5.41) is 11.6. The first kappa shape index (κ1) is 26.9. The van der Waals surface area contributed by atoms with Gasteiger partial charge in [0, 0.05) is 11.1 Å². The second-order valence-electron chi connectivity index (χ2n) is 8.46. The van der Waals surface area contributed by atoms with Crippen molar-refractivity contribution in [2.75, 3.05) is 25.2 Å². The van der Waals surface area contributed by atoms with Gasteiger partial charge in [0.25, 0.3) is 5.78 Å². The summed E-state index contributed by atoms with van der Waals surface area (Å²) in [4.78, 5) is 45.4. The fourth-order valence-corrected chi connectivity index (χ4v) is 5.36. The fourth-order valence-electron chi connectivity index (χ4n) is 4.37. The Kier molecular flexibility index (Phi) is 7.82. The lowest BCUT2D eigenvalue weighted by Crippen LogP contribution is -2.29. The van der Waals surface area contributed by atoms with Crippen LogP contribution in [0.1, 0.15) is 51.9 Å². The van der Waals surface area contributed by atoms with Crippen molar-refractivity contribution in [2.24, 2.45) is 0 Å². The molecular formula is C28H28N2O7S. The summed E-state index contributed by atoms with van der Waals surface area (Å²) >= 11 is 0.951. The number of hydrogen-bond acceptors (Lipinski definition) is 9. The number of methoxy groups -OCH3 is 1. The lowest BCUT2D eigenvalue weighted by molar-refractivity contribution is -0.132. The summed E-state index contributed by atoms with van der Waals surface area (Å²) in [5.74, 6) is -1.60. The van der Waals surface area contributed by atoms with Gasteiger partial charge in [0.2, 0.25) is 0 Å². The number of anilines is 1. The molecule has 0 aliphatic carbocycles. The van der Waals surface area contributed by atoms with Crippen LogP contribution in [0.15, 0.2) is 48.0 Å². The Bertz CT molecular complexity index is 1440. The van der Waals surface area contributed by atoms with E-state index < -0.39 is 23.7 Å². The number of ketones is 1. The van der Waals surface area contributed by atoms with E-state index >= 15 is 0 Å². The first-order valence-corrected chi connectivity index (χ1v) is 12.9. The zero-order valence-electron chi connectivity index (χ0n) is 21.7. The number of carbonyl (C=O) groups excluding carboxylic acids is 3. The van der Waals surface area contributed by atoms with Gasteiger partial charge in [-0.1, -0.05) is 29.5 Å². The first-order valence-electron chi connectivity index (χ1n) is 12.1. The average molecular weight is 537 g/mol. The number of aliphatic hydroxyl groups excluding tert-OH is 1. The second kappa shape index (κ2) is 11.1. The molecule has 198 valence electrons. The number of aryl methyl sites for hydroxylation is 2. The van der Waals surface area contributed by atoms with Gasteiger partial charge in [0.15, 0.2) is 5.13 Å². The maximum absolute atomic E-state index is 13.5. The summed E-state index contributed by atoms with van der Waals surface area (Å²) < 4.78 is 16.3. The predicted octanol–water partition coefficient (Wildman–Crippen LogP) is 4.97. The SMILES string of the molecule is CCOC(=O)c1sc(N2C(=O)C(=O)C(=C(O)c3ccc(OC)c(C)c3)C2c2ccccc2OCC)nc1C. The van der Waals surface area contributed by atoms with E-state index in [9.17, 15) is 19.5 Å². The Morgan fingerprint density at radius 1 is 1.08 bits per heavy atom. The number of amides is 1. The standard InChI is InChI=1S/C28H28N2O7S/c1-6-36-20-11-9-8-10-18(20)22-21(23(31)17-12-13-19(35-5)15(3)14-17)24(32)26(33)30(22)28-29-16(4)25(38-28)27(34)37-7-2/h8-14,22,31H,6-7H2,1-5H3. The summed E-state index contributed by atoms with van der Waals surface area (Å²) in [6, 6.07) is 10.9. The number of benzene rings is 2. The molecule has 9 nitrogen and oxygen atoms in total. The van der Waals surface area contributed by atoms with Crippen molar-refractivity contribution < 1.29 is 33.7 Å². The number of carbonyl (C=O) groups is 3. The van der Waals surface area contributed by atoms with E-state index in [1.165, 1.54) is 4.90 Å². The Morgan fingerprint density at radius 3 is 2.47 bits per heavy atom. The van der Waals surface area contributed by atoms with Gasteiger partial charge in [-0.15, -0.1) is 0 Å². The van der Waals surface area contributed by atoms with E-state index in [0.29, 0.717) is 34.9 Å². The maximum atomic E-state index is 13.5. The van der Waals surface area contributed by atoms with E-state index in [-0.39, 0.29) is 27.9 Å². The van der Waals surface area contributed by atoms with E-state index in [1.807, 2.05) is 13.8 Å². The third kappa shape index (κ3) is 4.74. The zero-order chi connectivity index (χ0) is 27.6. The molecule has 1 aliphatic heterocycles. The minimum Gasteiger partial charge on any atom is -0.507 e. The Labute approximate surface area is 224 Å². The molecule has 1 aromatic heterocycles. The van der Waals surface area contributed by atoms with E-state index in [0.717, 1.165) is 16.9 Å². The molecule has 1 aliphatic rings. The predicted molar refractivity (Wildman–Crippen MR) is 143 cm³/mol. The summed E-state index contributed by atoms with van der Waals surface area (Å²) in [6.07, 6.45) is 0. The van der Waals surface area contributed by atoms with Gasteiger partial charge in [-0.25, -0.2) is 9.78 Å². The van der Waals surface area contributed by atoms with Gasteiger partial charge < -0.3 is 19.3 Å². The number of esters is 1. The van der Waals surface area contributed by atoms with Crippen LogP contribution in [0, 0.1) is 13.8 Å². The van der Waals surface area contributed by atoms with Crippen LogP contribution in [-0.4, -0.2) is 48.1 Å². The number of thiazole rings is 1. The lowest BCUT2D eigenvalue weighted by atomic mass is 9.94. The molecule has 1 unspecified atom stereocenters. The highest BCUT2D eigenvalue weighted by Crippen LogP contribution is 2.46. The smallest absolute Gasteiger partial charge is 0.350 e. The summed E-state index contributed by atoms with van der Waals surface area (Å²) in [5.41, 5.74) is 1.84. The van der Waals surface area contributed by atoms with Crippen LogP contribution < -0.4 is 14.4 Å². The molecule has 2 heterocycles. The van der Waals surface area contributed by atoms with Gasteiger partial charge in [-0.05, 0) is 57.5 Å². The molecule has 1 atom stereocenters. The van der Waals surface area contributed by atoms with Crippen molar-refractivity contribution in [2.45, 2.75) is 33.7 Å². The van der Waals surface area contributed by atoms with Gasteiger partial charge in [0.05, 0.1) is 31.6 Å². The molecule has 3 aromatic rings. The Hall–Kier alpha value is -4.18. The highest BCUT2D eigenvalue weighted by Gasteiger charge is 2.49. The first-order chi connectivity index (χ1) is 18.2. The molecule has 1 saturated heterocycles. The van der Waals surface area contributed by atoms with Crippen molar-refractivity contribution in [1.29, 1.82) is 0 Å². The van der Waals surface area contributed by atoms with Crippen molar-refractivity contribution in [3.05, 3.63) is 75.3 Å². The Morgan fingerprint density at radius 2 is 1.82 bits per heavy atom. The van der Waals surface area contributed by atoms with Crippen LogP contribution in [0.3, 0.4) is 0 Å². The molecular weight excluding hydrogens is 508 g/mol. The number of aliphatic hydroxyl groups is 1. The van der Waals surface area contributed by atoms with Crippen molar-refractivity contribution in [3.63, 3.8) is 0 Å². The van der Waals surface area contributed by atoms with Crippen LogP contribution in [0.4, 0.5) is 5.13 Å². The lowest BCUT2D eigenvalue weighted by Gasteiger charge is -2.24. The third-order valence-electron chi connectivity index (χ3n) is 6.08. The molecule has 1 amide bonds. The highest BCUT2D eigenvalue weighted by atomic mass is 32.1. The topological polar surface area (TPSA) is 115 Å². The van der Waals surface area contributed by atoms with E-state index in [1.54, 1.807) is 63.4 Å². The van der Waals surface area contributed by atoms with Gasteiger partial charge in [-0.3, -0.25) is 14.5 Å². The van der Waals surface area contributed by atoms with Crippen molar-refractivity contribution >= 4 is 39.9 Å². The number of Topliss-reactive ketones (excluding diaryl/α,β-unsaturated/α-hetero) is 1. The second-order valence-corrected chi connectivity index (χ2v) is 9.43. The van der Waals surface area contributed by atoms with Crippen LogP contribution >= 0.6 is 11.3 Å². The number of nitrogens with zero attached hydrogens (tertiary/aromatic N) is 2. The molecule has 10 heteroatoms. The number of rotatable bonds is 8. The molecule has 0 radical (unpaired) electrons. The molecule has 0 bridgehead atoms. The molecule has 1 N–H and O–H groups in total. The Balaban J connectivity index is 1.95. The normalized spacial score (nSPS) is 16.6. The van der Waals surface area contributed by atoms with Gasteiger partial charge in [0.1, 0.15) is 28.2 Å². The quantitative estimate of drug-likeness (QED) is 0.186. The molecule has 2 aromatic carbocycles. The summed E-state index contributed by atoms with van der Waals surface area (Å²) in [6.45, 7) is 7.48. The van der Waals surface area contributed by atoms with Crippen LogP contribution in [-0.2, 0) is 14.3 Å². The maximum Gasteiger partial charge on any atom is 0.350 e. The molecule has 1 fully saturated rings. The van der Waals surface area contributed by atoms with Crippen LogP contribution in [0.25, 0.3) is 5.76 Å². The van der Waals surface area contributed by atoms with E-state index in [4.69, 9.17) is 14.2 Å². The number of aromatic nitrogens is 1.